The van der Waals surface area contributed by atoms with Crippen LogP contribution in [0.25, 0.3) is 21.8 Å². The van der Waals surface area contributed by atoms with Crippen LogP contribution in [0.2, 0.25) is 0 Å². The molecule has 0 amide bonds. The van der Waals surface area contributed by atoms with Crippen molar-refractivity contribution in [3.05, 3.63) is 113 Å². The highest BCUT2D eigenvalue weighted by Gasteiger charge is 2.15. The summed E-state index contributed by atoms with van der Waals surface area (Å²) in [5.41, 5.74) is 8.14. The molecule has 2 aromatic heterocycles. The maximum atomic E-state index is 4.49. The van der Waals surface area contributed by atoms with E-state index in [2.05, 4.69) is 111 Å². The molecule has 0 saturated heterocycles. The van der Waals surface area contributed by atoms with Gasteiger partial charge in [-0.2, -0.15) is 8.75 Å². The van der Waals surface area contributed by atoms with Gasteiger partial charge in [-0.25, -0.2) is 0 Å². The molecule has 0 saturated carbocycles. The molecule has 2 heterocycles. The lowest BCUT2D eigenvalue weighted by Crippen LogP contribution is -2.10. The van der Waals surface area contributed by atoms with Gasteiger partial charge in [-0.1, -0.05) is 59.7 Å². The molecule has 0 aliphatic carbocycles. The number of aromatic nitrogens is 2. The average molecular weight is 466 g/mol. The number of rotatable bonds is 3. The third kappa shape index (κ3) is 4.65. The van der Waals surface area contributed by atoms with Crippen molar-refractivity contribution in [2.45, 2.75) is 13.8 Å². The van der Waals surface area contributed by atoms with Gasteiger partial charge in [-0.05, 0) is 79.4 Å². The van der Waals surface area contributed by atoms with E-state index >= 15 is 0 Å². The quantitative estimate of drug-likeness (QED) is 0.262. The second-order valence-electron chi connectivity index (χ2n) is 7.90. The molecule has 6 aromatic rings. The van der Waals surface area contributed by atoms with Crippen LogP contribution in [0.4, 0.5) is 17.1 Å². The van der Waals surface area contributed by atoms with E-state index in [4.69, 9.17) is 0 Å². The maximum absolute atomic E-state index is 4.49. The highest BCUT2D eigenvalue weighted by molar-refractivity contribution is 7.05. The van der Waals surface area contributed by atoms with Gasteiger partial charge in [0.15, 0.2) is 0 Å². The first-order valence-electron chi connectivity index (χ1n) is 10.7. The summed E-state index contributed by atoms with van der Waals surface area (Å²) in [4.78, 5) is 2.30. The number of fused-ring (bicyclic) bond motifs is 2. The van der Waals surface area contributed by atoms with Crippen LogP contribution in [0.1, 0.15) is 11.1 Å². The molecule has 0 aliphatic heterocycles. The van der Waals surface area contributed by atoms with Gasteiger partial charge in [0.2, 0.25) is 0 Å². The Labute approximate surface area is 201 Å². The zero-order chi connectivity index (χ0) is 22.6. The van der Waals surface area contributed by atoms with Gasteiger partial charge in [0.1, 0.15) is 0 Å². The third-order valence-electron chi connectivity index (χ3n) is 5.47. The van der Waals surface area contributed by atoms with Crippen LogP contribution in [-0.2, 0) is 0 Å². The van der Waals surface area contributed by atoms with Crippen molar-refractivity contribution < 1.29 is 0 Å². The molecule has 0 N–H and O–H groups in total. The number of anilines is 3. The first kappa shape index (κ1) is 21.3. The Morgan fingerprint density at radius 3 is 1.82 bits per heavy atom. The Hall–Kier alpha value is -3.54. The van der Waals surface area contributed by atoms with Crippen LogP contribution in [0.3, 0.4) is 0 Å². The fraction of sp³-hybridized carbons (Fsp3) is 0.0714. The first-order chi connectivity index (χ1) is 16.2. The molecule has 0 bridgehead atoms. The van der Waals surface area contributed by atoms with Gasteiger partial charge >= 0.3 is 0 Å². The van der Waals surface area contributed by atoms with Crippen LogP contribution in [0, 0.1) is 13.8 Å². The molecule has 4 aromatic carbocycles. The summed E-state index contributed by atoms with van der Waals surface area (Å²) < 4.78 is 8.65. The summed E-state index contributed by atoms with van der Waals surface area (Å²) in [5, 5.41) is 6.60. The van der Waals surface area contributed by atoms with Gasteiger partial charge in [-0.3, -0.25) is 0 Å². The molecule has 33 heavy (non-hydrogen) atoms. The third-order valence-corrected chi connectivity index (χ3v) is 6.78. The van der Waals surface area contributed by atoms with Gasteiger partial charge < -0.3 is 4.90 Å². The Morgan fingerprint density at radius 1 is 0.576 bits per heavy atom. The predicted molar refractivity (Wildman–Crippen MR) is 143 cm³/mol. The molecule has 0 spiro atoms. The van der Waals surface area contributed by atoms with Crippen molar-refractivity contribution >= 4 is 61.9 Å². The summed E-state index contributed by atoms with van der Waals surface area (Å²) in [7, 11) is 0. The van der Waals surface area contributed by atoms with Gasteiger partial charge in [0.25, 0.3) is 0 Å². The minimum absolute atomic E-state index is 1.04. The normalized spacial score (nSPS) is 10.7. The van der Waals surface area contributed by atoms with E-state index in [-0.39, 0.29) is 0 Å². The zero-order valence-electron chi connectivity index (χ0n) is 18.5. The molecule has 0 radical (unpaired) electrons. The molecule has 0 fully saturated rings. The largest absolute Gasteiger partial charge is 0.310 e. The van der Waals surface area contributed by atoms with Crippen LogP contribution in [-0.4, -0.2) is 8.75 Å². The van der Waals surface area contributed by atoms with E-state index in [1.807, 2.05) is 18.2 Å². The van der Waals surface area contributed by atoms with Crippen molar-refractivity contribution in [2.24, 2.45) is 0 Å². The molecule has 3 nitrogen and oxygen atoms in total. The van der Waals surface area contributed by atoms with E-state index < -0.39 is 0 Å². The topological polar surface area (TPSA) is 29.0 Å². The Morgan fingerprint density at radius 2 is 1.15 bits per heavy atom. The van der Waals surface area contributed by atoms with Crippen LogP contribution >= 0.6 is 23.1 Å². The number of benzene rings is 4. The molecule has 0 aliphatic rings. The summed E-state index contributed by atoms with van der Waals surface area (Å²) in [5.74, 6) is 0. The number of hydrogen-bond donors (Lipinski definition) is 0. The lowest BCUT2D eigenvalue weighted by Gasteiger charge is -2.26. The summed E-state index contributed by atoms with van der Waals surface area (Å²) in [6.07, 6.45) is 0. The van der Waals surface area contributed by atoms with Crippen LogP contribution < -0.4 is 4.90 Å². The maximum Gasteiger partial charge on any atom is 0.0861 e. The zero-order valence-corrected chi connectivity index (χ0v) is 20.1. The lowest BCUT2D eigenvalue weighted by molar-refractivity contribution is 1.28. The van der Waals surface area contributed by atoms with Crippen LogP contribution in [0.15, 0.2) is 102 Å². The lowest BCUT2D eigenvalue weighted by atomic mass is 10.1. The molecule has 0 unspecified atom stereocenters. The predicted octanol–water partition coefficient (Wildman–Crippen LogP) is 8.68. The molecular weight excluding hydrogens is 442 g/mol. The van der Waals surface area contributed by atoms with Gasteiger partial charge in [0.05, 0.1) is 16.7 Å². The molecule has 5 heteroatoms. The Balaban J connectivity index is 0.000000211. The molecule has 6 rings (SSSR count). The van der Waals surface area contributed by atoms with E-state index in [1.165, 1.54) is 45.0 Å². The monoisotopic (exact) mass is 465 g/mol. The van der Waals surface area contributed by atoms with Gasteiger partial charge in [-0.15, -0.1) is 0 Å². The summed E-state index contributed by atoms with van der Waals surface area (Å²) >= 11 is 3.01. The van der Waals surface area contributed by atoms with Crippen molar-refractivity contribution in [3.8, 4) is 0 Å². The van der Waals surface area contributed by atoms with Crippen molar-refractivity contribution in [2.75, 3.05) is 4.90 Å². The highest BCUT2D eigenvalue weighted by atomic mass is 32.1. The summed E-state index contributed by atoms with van der Waals surface area (Å²) in [6, 6.07) is 31.7. The fourth-order valence-corrected chi connectivity index (χ4v) is 5.02. The number of nitrogens with zero attached hydrogens (tertiary/aromatic N) is 3. The number of aryl methyl sites for hydroxylation is 2. The van der Waals surface area contributed by atoms with Gasteiger partial charge in [0, 0.05) is 32.9 Å². The standard InChI is InChI=1S/C21H18N2S.C7H5NS/c1-15-6-10-17(11-7-15)23(18-12-8-16(2)9-13-18)21-5-3-4-20-19(21)14-24-22-20;1-2-4-7-6(3-1)5-9-8-7/h3-14H,1-2H3;1-5H. The second kappa shape index (κ2) is 9.53. The Bertz CT molecular complexity index is 1410. The minimum atomic E-state index is 1.04. The molecule has 0 atom stereocenters. The van der Waals surface area contributed by atoms with Crippen molar-refractivity contribution in [1.29, 1.82) is 0 Å². The molecule has 162 valence electrons. The summed E-state index contributed by atoms with van der Waals surface area (Å²) in [6.45, 7) is 4.23. The molecular formula is C28H23N3S2. The van der Waals surface area contributed by atoms with Crippen molar-refractivity contribution in [3.63, 3.8) is 0 Å². The van der Waals surface area contributed by atoms with Crippen molar-refractivity contribution in [1.82, 2.24) is 8.75 Å². The van der Waals surface area contributed by atoms with E-state index in [0.717, 1.165) is 28.1 Å². The average Bonchev–Trinajstić information content (AvgIpc) is 3.52. The van der Waals surface area contributed by atoms with E-state index in [0.29, 0.717) is 0 Å². The second-order valence-corrected chi connectivity index (χ2v) is 9.16. The smallest absolute Gasteiger partial charge is 0.0861 e. The number of hydrogen-bond acceptors (Lipinski definition) is 5. The Kier molecular flexibility index (Phi) is 6.15. The minimum Gasteiger partial charge on any atom is -0.310 e. The first-order valence-corrected chi connectivity index (χ1v) is 12.4. The van der Waals surface area contributed by atoms with E-state index in [9.17, 15) is 0 Å². The van der Waals surface area contributed by atoms with E-state index in [1.54, 1.807) is 0 Å². The van der Waals surface area contributed by atoms with Crippen LogP contribution in [0.5, 0.6) is 0 Å². The fourth-order valence-electron chi connectivity index (χ4n) is 3.70. The SMILES string of the molecule is Cc1ccc(N(c2ccc(C)cc2)c2cccc3nscc23)cc1.c1ccc2nscc2c1. The highest BCUT2D eigenvalue weighted by Crippen LogP contribution is 2.39.